The Morgan fingerprint density at radius 3 is 2.88 bits per heavy atom. The molecule has 0 aliphatic carbocycles. The predicted octanol–water partition coefficient (Wildman–Crippen LogP) is 2.18. The number of aliphatic imine (C=N–C) groups is 1. The highest BCUT2D eigenvalue weighted by molar-refractivity contribution is 6.06. The topological polar surface area (TPSA) is 63.3 Å². The number of hydrogen-bond acceptors (Lipinski definition) is 4. The minimum absolute atomic E-state index is 0.509. The standard InChI is InChI=1S/C12H10N4/c13-11-8-4-1-2-5-9(8)16-12-10(15-11)6-3-7-14-12/h1-7H,(H2,13,15)(H,14,16). The number of pyridine rings is 1. The van der Waals surface area contributed by atoms with Gasteiger partial charge in [0, 0.05) is 11.8 Å². The summed E-state index contributed by atoms with van der Waals surface area (Å²) in [5, 5.41) is 3.23. The van der Waals surface area contributed by atoms with E-state index in [9.17, 15) is 0 Å². The van der Waals surface area contributed by atoms with Gasteiger partial charge in [-0.1, -0.05) is 12.1 Å². The van der Waals surface area contributed by atoms with Gasteiger partial charge >= 0.3 is 0 Å². The lowest BCUT2D eigenvalue weighted by molar-refractivity contribution is 1.30. The van der Waals surface area contributed by atoms with Gasteiger partial charge in [-0.25, -0.2) is 9.98 Å². The summed E-state index contributed by atoms with van der Waals surface area (Å²) in [6.45, 7) is 0. The quantitative estimate of drug-likeness (QED) is 0.700. The van der Waals surface area contributed by atoms with Crippen LogP contribution in [-0.4, -0.2) is 10.8 Å². The summed E-state index contributed by atoms with van der Waals surface area (Å²) in [5.41, 5.74) is 8.54. The van der Waals surface area contributed by atoms with E-state index in [0.29, 0.717) is 5.84 Å². The van der Waals surface area contributed by atoms with E-state index in [1.54, 1.807) is 6.20 Å². The molecule has 4 heteroatoms. The number of nitrogens with two attached hydrogens (primary N) is 1. The van der Waals surface area contributed by atoms with E-state index in [0.717, 1.165) is 22.8 Å². The zero-order valence-electron chi connectivity index (χ0n) is 8.51. The third-order valence-electron chi connectivity index (χ3n) is 2.48. The molecule has 2 heterocycles. The number of rotatable bonds is 0. The smallest absolute Gasteiger partial charge is 0.156 e. The molecule has 0 fully saturated rings. The Hall–Kier alpha value is -2.36. The van der Waals surface area contributed by atoms with Gasteiger partial charge in [0.05, 0.1) is 5.69 Å². The molecule has 1 aromatic carbocycles. The largest absolute Gasteiger partial charge is 0.383 e. The Morgan fingerprint density at radius 2 is 1.94 bits per heavy atom. The molecule has 3 N–H and O–H groups in total. The molecule has 0 saturated heterocycles. The second kappa shape index (κ2) is 3.34. The molecule has 1 aliphatic rings. The summed E-state index contributed by atoms with van der Waals surface area (Å²) in [4.78, 5) is 8.59. The van der Waals surface area contributed by atoms with Crippen LogP contribution in [0.4, 0.5) is 17.2 Å². The predicted molar refractivity (Wildman–Crippen MR) is 64.3 cm³/mol. The Morgan fingerprint density at radius 1 is 1.06 bits per heavy atom. The Labute approximate surface area is 92.9 Å². The lowest BCUT2D eigenvalue weighted by Crippen LogP contribution is -2.13. The van der Waals surface area contributed by atoms with Crippen molar-refractivity contribution in [2.75, 3.05) is 5.32 Å². The molecule has 0 atom stereocenters. The fourth-order valence-corrected chi connectivity index (χ4v) is 1.72. The Kier molecular flexibility index (Phi) is 1.86. The van der Waals surface area contributed by atoms with Crippen molar-refractivity contribution in [3.05, 3.63) is 48.2 Å². The maximum absolute atomic E-state index is 5.94. The maximum Gasteiger partial charge on any atom is 0.156 e. The molecule has 0 saturated carbocycles. The van der Waals surface area contributed by atoms with Crippen LogP contribution < -0.4 is 11.1 Å². The van der Waals surface area contributed by atoms with E-state index in [1.807, 2.05) is 36.4 Å². The van der Waals surface area contributed by atoms with Crippen LogP contribution in [0.25, 0.3) is 0 Å². The van der Waals surface area contributed by atoms with Crippen molar-refractivity contribution in [2.24, 2.45) is 10.7 Å². The number of amidine groups is 1. The second-order valence-electron chi connectivity index (χ2n) is 3.54. The fraction of sp³-hybridized carbons (Fsp3) is 0. The molecule has 0 spiro atoms. The minimum Gasteiger partial charge on any atom is -0.383 e. The van der Waals surface area contributed by atoms with Crippen molar-refractivity contribution in [3.63, 3.8) is 0 Å². The fourth-order valence-electron chi connectivity index (χ4n) is 1.72. The van der Waals surface area contributed by atoms with Crippen molar-refractivity contribution in [1.29, 1.82) is 0 Å². The molecule has 78 valence electrons. The highest BCUT2D eigenvalue weighted by atomic mass is 15.1. The average molecular weight is 210 g/mol. The van der Waals surface area contributed by atoms with Gasteiger partial charge in [-0.3, -0.25) is 0 Å². The zero-order chi connectivity index (χ0) is 11.0. The number of benzene rings is 1. The minimum atomic E-state index is 0.509. The third kappa shape index (κ3) is 1.32. The van der Waals surface area contributed by atoms with Crippen molar-refractivity contribution in [1.82, 2.24) is 4.98 Å². The summed E-state index contributed by atoms with van der Waals surface area (Å²) in [6.07, 6.45) is 1.73. The normalized spacial score (nSPS) is 12.9. The van der Waals surface area contributed by atoms with Crippen molar-refractivity contribution in [3.8, 4) is 0 Å². The first-order valence-corrected chi connectivity index (χ1v) is 5.00. The molecule has 0 amide bonds. The summed E-state index contributed by atoms with van der Waals surface area (Å²) in [7, 11) is 0. The summed E-state index contributed by atoms with van der Waals surface area (Å²) in [6, 6.07) is 11.5. The van der Waals surface area contributed by atoms with E-state index in [-0.39, 0.29) is 0 Å². The van der Waals surface area contributed by atoms with E-state index in [1.165, 1.54) is 0 Å². The molecule has 0 bridgehead atoms. The molecular weight excluding hydrogens is 200 g/mol. The van der Waals surface area contributed by atoms with Gasteiger partial charge in [0.15, 0.2) is 5.82 Å². The molecule has 4 nitrogen and oxygen atoms in total. The number of fused-ring (bicyclic) bond motifs is 2. The number of aromatic nitrogens is 1. The van der Waals surface area contributed by atoms with Gasteiger partial charge in [-0.2, -0.15) is 0 Å². The second-order valence-corrected chi connectivity index (χ2v) is 3.54. The lowest BCUT2D eigenvalue weighted by Gasteiger charge is -2.07. The Bertz CT molecular complexity index is 575. The summed E-state index contributed by atoms with van der Waals surface area (Å²) >= 11 is 0. The number of anilines is 2. The first kappa shape index (κ1) is 8.91. The van der Waals surface area contributed by atoms with Crippen LogP contribution >= 0.6 is 0 Å². The van der Waals surface area contributed by atoms with Gasteiger partial charge in [-0.15, -0.1) is 0 Å². The highest BCUT2D eigenvalue weighted by Crippen LogP contribution is 2.30. The molecule has 0 unspecified atom stereocenters. The van der Waals surface area contributed by atoms with Crippen LogP contribution in [0.1, 0.15) is 5.56 Å². The van der Waals surface area contributed by atoms with Gasteiger partial charge < -0.3 is 11.1 Å². The number of nitrogens with zero attached hydrogens (tertiary/aromatic N) is 2. The van der Waals surface area contributed by atoms with Gasteiger partial charge in [0.2, 0.25) is 0 Å². The average Bonchev–Trinajstić information content (AvgIpc) is 2.45. The number of nitrogens with one attached hydrogen (secondary N) is 1. The van der Waals surface area contributed by atoms with Crippen LogP contribution in [0.5, 0.6) is 0 Å². The van der Waals surface area contributed by atoms with Crippen LogP contribution in [0.3, 0.4) is 0 Å². The number of hydrogen-bond donors (Lipinski definition) is 2. The first-order chi connectivity index (χ1) is 7.84. The maximum atomic E-state index is 5.94. The summed E-state index contributed by atoms with van der Waals surface area (Å²) < 4.78 is 0. The molecular formula is C12H10N4. The molecule has 3 rings (SSSR count). The van der Waals surface area contributed by atoms with Crippen molar-refractivity contribution in [2.45, 2.75) is 0 Å². The highest BCUT2D eigenvalue weighted by Gasteiger charge is 2.13. The third-order valence-corrected chi connectivity index (χ3v) is 2.48. The molecule has 2 aromatic rings. The monoisotopic (exact) mass is 210 g/mol. The summed E-state index contributed by atoms with van der Waals surface area (Å²) in [5.74, 6) is 1.24. The molecule has 16 heavy (non-hydrogen) atoms. The van der Waals surface area contributed by atoms with Crippen LogP contribution in [0.2, 0.25) is 0 Å². The number of para-hydroxylation sites is 1. The van der Waals surface area contributed by atoms with Crippen molar-refractivity contribution >= 4 is 23.0 Å². The van der Waals surface area contributed by atoms with Gasteiger partial charge in [0.1, 0.15) is 11.5 Å². The van der Waals surface area contributed by atoms with Crippen LogP contribution in [-0.2, 0) is 0 Å². The lowest BCUT2D eigenvalue weighted by atomic mass is 10.1. The molecule has 1 aliphatic heterocycles. The van der Waals surface area contributed by atoms with Crippen LogP contribution in [0.15, 0.2) is 47.6 Å². The molecule has 0 radical (unpaired) electrons. The SMILES string of the molecule is NC1=Nc2cccnc2Nc2ccccc21. The van der Waals surface area contributed by atoms with Crippen LogP contribution in [0, 0.1) is 0 Å². The van der Waals surface area contributed by atoms with Crippen molar-refractivity contribution < 1.29 is 0 Å². The van der Waals surface area contributed by atoms with E-state index in [2.05, 4.69) is 15.3 Å². The zero-order valence-corrected chi connectivity index (χ0v) is 8.51. The molecule has 1 aromatic heterocycles. The van der Waals surface area contributed by atoms with Gasteiger partial charge in [-0.05, 0) is 24.3 Å². The Balaban J connectivity index is 2.25. The first-order valence-electron chi connectivity index (χ1n) is 5.00. The van der Waals surface area contributed by atoms with E-state index < -0.39 is 0 Å². The van der Waals surface area contributed by atoms with Gasteiger partial charge in [0.25, 0.3) is 0 Å². The van der Waals surface area contributed by atoms with E-state index in [4.69, 9.17) is 5.73 Å². The van der Waals surface area contributed by atoms with E-state index >= 15 is 0 Å².